The van der Waals surface area contributed by atoms with E-state index < -0.39 is 38.5 Å². The summed E-state index contributed by atoms with van der Waals surface area (Å²) in [6.07, 6.45) is -0.522. The number of nitro groups is 2. The molecule has 14 heteroatoms. The van der Waals surface area contributed by atoms with Crippen LogP contribution in [0.1, 0.15) is 25.0 Å². The second kappa shape index (κ2) is 10.2. The molecule has 190 valence electrons. The lowest BCUT2D eigenvalue weighted by Crippen LogP contribution is -2.80. The van der Waals surface area contributed by atoms with Crippen LogP contribution in [-0.2, 0) is 32.2 Å². The topological polar surface area (TPSA) is 168 Å². The van der Waals surface area contributed by atoms with Crippen LogP contribution in [0, 0.1) is 20.2 Å². The fraction of sp³-hybridized carbons (Fsp3) is 0.318. The van der Waals surface area contributed by atoms with E-state index in [-0.39, 0.29) is 24.6 Å². The zero-order valence-electron chi connectivity index (χ0n) is 19.4. The molecule has 0 spiro atoms. The highest BCUT2D eigenvalue weighted by atomic mass is 32.2. The normalized spacial score (nSPS) is 20.8. The van der Waals surface area contributed by atoms with Crippen LogP contribution in [-0.4, -0.2) is 49.6 Å². The second-order valence-corrected chi connectivity index (χ2v) is 9.11. The highest BCUT2D eigenvalue weighted by molar-refractivity contribution is 8.00. The first kappa shape index (κ1) is 26.4. The van der Waals surface area contributed by atoms with Gasteiger partial charge in [-0.25, -0.2) is 14.5 Å². The van der Waals surface area contributed by atoms with Crippen LogP contribution in [0.2, 0.25) is 0 Å². The maximum atomic E-state index is 12.9. The van der Waals surface area contributed by atoms with E-state index in [1.807, 2.05) is 0 Å². The smallest absolute Gasteiger partial charge is 0.444 e. The Bertz CT molecular complexity index is 1200. The van der Waals surface area contributed by atoms with Crippen molar-refractivity contribution < 1.29 is 38.4 Å². The van der Waals surface area contributed by atoms with E-state index in [1.54, 1.807) is 6.26 Å². The number of nitrogens with zero attached hydrogens (tertiary/aromatic N) is 3. The zero-order valence-corrected chi connectivity index (χ0v) is 20.2. The summed E-state index contributed by atoms with van der Waals surface area (Å²) in [7, 11) is 0. The standard InChI is InChI=1S/C22H21N3O10S/c1-21(35-20(28)34-13-15-6-10-17(11-7-15)25(31)32)18(26)23(22(21,2)36-3)19(27)33-12-14-4-8-16(9-5-14)24(29)30/h4-11H,12-13H2,1-3H3. The van der Waals surface area contributed by atoms with E-state index in [2.05, 4.69) is 0 Å². The number of ether oxygens (including phenoxy) is 3. The highest BCUT2D eigenvalue weighted by Gasteiger charge is 2.72. The van der Waals surface area contributed by atoms with Crippen molar-refractivity contribution in [3.8, 4) is 0 Å². The molecule has 1 aliphatic rings. The largest absolute Gasteiger partial charge is 0.509 e. The molecule has 1 saturated heterocycles. The summed E-state index contributed by atoms with van der Waals surface area (Å²) in [5.74, 6) is -0.819. The first-order valence-electron chi connectivity index (χ1n) is 10.3. The second-order valence-electron chi connectivity index (χ2n) is 7.90. The van der Waals surface area contributed by atoms with Crippen LogP contribution in [0.4, 0.5) is 21.0 Å². The molecule has 2 atom stereocenters. The fourth-order valence-corrected chi connectivity index (χ4v) is 4.28. The Hall–Kier alpha value is -4.20. The van der Waals surface area contributed by atoms with E-state index in [0.29, 0.717) is 11.1 Å². The predicted octanol–water partition coefficient (Wildman–Crippen LogP) is 4.17. The Balaban J connectivity index is 1.60. The van der Waals surface area contributed by atoms with Crippen molar-refractivity contribution in [2.45, 2.75) is 37.5 Å². The molecule has 1 heterocycles. The number of likely N-dealkylation sites (tertiary alicyclic amines) is 1. The molecule has 0 bridgehead atoms. The number of thioether (sulfide) groups is 1. The van der Waals surface area contributed by atoms with E-state index >= 15 is 0 Å². The van der Waals surface area contributed by atoms with E-state index in [4.69, 9.17) is 14.2 Å². The minimum absolute atomic E-state index is 0.119. The average Bonchev–Trinajstić information content (AvgIpc) is 2.86. The molecule has 0 aromatic heterocycles. The van der Waals surface area contributed by atoms with Gasteiger partial charge >= 0.3 is 12.2 Å². The quantitative estimate of drug-likeness (QED) is 0.212. The minimum atomic E-state index is -1.74. The van der Waals surface area contributed by atoms with E-state index in [0.717, 1.165) is 16.7 Å². The number of β-lactam (4-membered cyclic amide) rings is 1. The van der Waals surface area contributed by atoms with E-state index in [1.165, 1.54) is 62.4 Å². The van der Waals surface area contributed by atoms with Gasteiger partial charge in [-0.2, -0.15) is 0 Å². The van der Waals surface area contributed by atoms with Gasteiger partial charge in [0, 0.05) is 24.3 Å². The Labute approximate surface area is 208 Å². The molecule has 2 aromatic rings. The number of hydrogen-bond acceptors (Lipinski definition) is 11. The van der Waals surface area contributed by atoms with Crippen LogP contribution in [0.5, 0.6) is 0 Å². The Kier molecular flexibility index (Phi) is 7.48. The third kappa shape index (κ3) is 4.93. The first-order chi connectivity index (χ1) is 16.9. The van der Waals surface area contributed by atoms with Gasteiger partial charge in [-0.05, 0) is 55.5 Å². The van der Waals surface area contributed by atoms with Crippen LogP contribution >= 0.6 is 11.8 Å². The molecular formula is C22H21N3O10S. The van der Waals surface area contributed by atoms with Crippen LogP contribution in [0.25, 0.3) is 0 Å². The molecule has 0 N–H and O–H groups in total. The van der Waals surface area contributed by atoms with E-state index in [9.17, 15) is 34.6 Å². The number of carbonyl (C=O) groups excluding carboxylic acids is 3. The SMILES string of the molecule is CSC1(C)N(C(=O)OCc2ccc([N+](=O)[O-])cc2)C(=O)C1(C)OC(=O)OCc1ccc([N+](=O)[O-])cc1. The molecular weight excluding hydrogens is 498 g/mol. The van der Waals surface area contributed by atoms with Gasteiger partial charge in [-0.3, -0.25) is 25.0 Å². The lowest BCUT2D eigenvalue weighted by Gasteiger charge is -2.57. The molecule has 2 aromatic carbocycles. The fourth-order valence-electron chi connectivity index (χ4n) is 3.42. The van der Waals surface area contributed by atoms with Crippen molar-refractivity contribution in [3.63, 3.8) is 0 Å². The van der Waals surface area contributed by atoms with Crippen molar-refractivity contribution in [3.05, 3.63) is 79.9 Å². The number of hydrogen-bond donors (Lipinski definition) is 0. The summed E-state index contributed by atoms with van der Waals surface area (Å²) in [5, 5.41) is 21.5. The summed E-state index contributed by atoms with van der Waals surface area (Å²) < 4.78 is 15.5. The Morgan fingerprint density at radius 1 is 0.889 bits per heavy atom. The molecule has 0 aliphatic carbocycles. The number of non-ortho nitro benzene ring substituents is 2. The lowest BCUT2D eigenvalue weighted by molar-refractivity contribution is -0.385. The Morgan fingerprint density at radius 3 is 1.75 bits per heavy atom. The predicted molar refractivity (Wildman–Crippen MR) is 125 cm³/mol. The van der Waals surface area contributed by atoms with Gasteiger partial charge in [0.1, 0.15) is 18.1 Å². The molecule has 0 radical (unpaired) electrons. The first-order valence-corrected chi connectivity index (χ1v) is 11.5. The van der Waals surface area contributed by atoms with Gasteiger partial charge in [-0.15, -0.1) is 11.8 Å². The summed E-state index contributed by atoms with van der Waals surface area (Å²) in [5.41, 5.74) is -1.05. The van der Waals surface area contributed by atoms with Crippen molar-refractivity contribution in [2.24, 2.45) is 0 Å². The number of nitro benzene ring substituents is 2. The zero-order chi connectivity index (χ0) is 26.7. The Morgan fingerprint density at radius 2 is 1.33 bits per heavy atom. The number of carbonyl (C=O) groups is 3. The maximum absolute atomic E-state index is 12.9. The molecule has 2 unspecified atom stereocenters. The van der Waals surface area contributed by atoms with Gasteiger partial charge in [-0.1, -0.05) is 0 Å². The molecule has 13 nitrogen and oxygen atoms in total. The molecule has 1 fully saturated rings. The summed E-state index contributed by atoms with van der Waals surface area (Å²) >= 11 is 1.08. The average molecular weight is 519 g/mol. The third-order valence-corrected chi connectivity index (χ3v) is 7.17. The molecule has 3 rings (SSSR count). The van der Waals surface area contributed by atoms with Gasteiger partial charge in [0.2, 0.25) is 5.60 Å². The number of benzene rings is 2. The van der Waals surface area contributed by atoms with Crippen molar-refractivity contribution in [1.82, 2.24) is 4.90 Å². The summed E-state index contributed by atoms with van der Waals surface area (Å²) in [6, 6.07) is 10.7. The van der Waals surface area contributed by atoms with Gasteiger partial charge in [0.15, 0.2) is 0 Å². The number of rotatable bonds is 8. The van der Waals surface area contributed by atoms with Crippen LogP contribution in [0.15, 0.2) is 48.5 Å². The van der Waals surface area contributed by atoms with Crippen LogP contribution in [0.3, 0.4) is 0 Å². The van der Waals surface area contributed by atoms with Gasteiger partial charge < -0.3 is 14.2 Å². The van der Waals surface area contributed by atoms with Crippen molar-refractivity contribution in [1.29, 1.82) is 0 Å². The molecule has 2 amide bonds. The van der Waals surface area contributed by atoms with Crippen molar-refractivity contribution >= 4 is 41.3 Å². The number of amides is 2. The third-order valence-electron chi connectivity index (χ3n) is 5.80. The molecule has 36 heavy (non-hydrogen) atoms. The minimum Gasteiger partial charge on any atom is -0.444 e. The maximum Gasteiger partial charge on any atom is 0.509 e. The van der Waals surface area contributed by atoms with Gasteiger partial charge in [0.25, 0.3) is 17.3 Å². The lowest BCUT2D eigenvalue weighted by atomic mass is 9.84. The molecule has 1 aliphatic heterocycles. The summed E-state index contributed by atoms with van der Waals surface area (Å²) in [6.45, 7) is 2.38. The molecule has 0 saturated carbocycles. The van der Waals surface area contributed by atoms with Gasteiger partial charge in [0.05, 0.1) is 9.85 Å². The van der Waals surface area contributed by atoms with Crippen LogP contribution < -0.4 is 0 Å². The highest BCUT2D eigenvalue weighted by Crippen LogP contribution is 2.50. The summed E-state index contributed by atoms with van der Waals surface area (Å²) in [4.78, 5) is 57.7. The number of imide groups is 1. The monoisotopic (exact) mass is 519 g/mol. The van der Waals surface area contributed by atoms with Crippen molar-refractivity contribution in [2.75, 3.05) is 6.26 Å².